The van der Waals surface area contributed by atoms with Crippen molar-refractivity contribution in [1.82, 2.24) is 4.98 Å². The highest BCUT2D eigenvalue weighted by Gasteiger charge is 2.27. The molecule has 0 bridgehead atoms. The van der Waals surface area contributed by atoms with E-state index < -0.39 is 10.5 Å². The minimum atomic E-state index is -1.04. The van der Waals surface area contributed by atoms with Crippen molar-refractivity contribution in [2.24, 2.45) is 5.92 Å². The Kier molecular flexibility index (Phi) is 4.01. The van der Waals surface area contributed by atoms with Gasteiger partial charge in [-0.15, -0.1) is 0 Å². The van der Waals surface area contributed by atoms with Crippen LogP contribution in [0.25, 0.3) is 0 Å². The Hall–Kier alpha value is -1.69. The van der Waals surface area contributed by atoms with Crippen molar-refractivity contribution < 1.29 is 14.8 Å². The van der Waals surface area contributed by atoms with E-state index in [9.17, 15) is 15.2 Å². The van der Waals surface area contributed by atoms with Crippen LogP contribution >= 0.6 is 0 Å². The molecule has 1 N–H and O–H groups in total. The highest BCUT2D eigenvalue weighted by atomic mass is 16.6. The third kappa shape index (κ3) is 3.39. The van der Waals surface area contributed by atoms with Crippen LogP contribution in [-0.4, -0.2) is 27.2 Å². The van der Waals surface area contributed by atoms with Gasteiger partial charge in [0, 0.05) is 0 Å². The summed E-state index contributed by atoms with van der Waals surface area (Å²) in [7, 11) is 0. The van der Waals surface area contributed by atoms with E-state index in [1.165, 1.54) is 12.3 Å². The first-order valence-corrected chi connectivity index (χ1v) is 5.29. The van der Waals surface area contributed by atoms with Gasteiger partial charge >= 0.3 is 5.82 Å². The van der Waals surface area contributed by atoms with E-state index in [4.69, 9.17) is 4.74 Å². The highest BCUT2D eigenvalue weighted by molar-refractivity contribution is 5.38. The van der Waals surface area contributed by atoms with E-state index in [1.807, 2.05) is 13.8 Å². The number of aliphatic hydroxyl groups is 1. The van der Waals surface area contributed by atoms with Gasteiger partial charge < -0.3 is 20.0 Å². The third-order valence-corrected chi connectivity index (χ3v) is 2.69. The fraction of sp³-hybridized carbons (Fsp3) is 0.545. The van der Waals surface area contributed by atoms with Crippen molar-refractivity contribution in [3.63, 3.8) is 0 Å². The van der Waals surface area contributed by atoms with E-state index in [-0.39, 0.29) is 24.1 Å². The molecule has 0 saturated heterocycles. The standard InChI is InChI=1S/C11H16N2O4/c1-8(2)11(3,14)7-17-9-5-4-6-12-10(9)13(15)16/h4-6,8,14H,7H2,1-3H3. The zero-order chi connectivity index (χ0) is 13.1. The number of hydrogen-bond acceptors (Lipinski definition) is 5. The lowest BCUT2D eigenvalue weighted by atomic mass is 9.94. The Labute approximate surface area is 99.4 Å². The van der Waals surface area contributed by atoms with Gasteiger partial charge in [-0.05, 0) is 34.9 Å². The summed E-state index contributed by atoms with van der Waals surface area (Å²) < 4.78 is 5.27. The molecule has 0 aromatic carbocycles. The Bertz CT molecular complexity index is 404. The number of nitrogens with zero attached hydrogens (tertiary/aromatic N) is 2. The smallest absolute Gasteiger partial charge is 0.406 e. The van der Waals surface area contributed by atoms with Crippen molar-refractivity contribution in [2.45, 2.75) is 26.4 Å². The predicted molar refractivity (Wildman–Crippen MR) is 61.8 cm³/mol. The molecule has 0 aliphatic carbocycles. The number of hydrogen-bond donors (Lipinski definition) is 1. The van der Waals surface area contributed by atoms with Gasteiger partial charge in [0.1, 0.15) is 12.8 Å². The van der Waals surface area contributed by atoms with Crippen LogP contribution in [0.1, 0.15) is 20.8 Å². The molecule has 6 heteroatoms. The molecular formula is C11H16N2O4. The van der Waals surface area contributed by atoms with Crippen LogP contribution < -0.4 is 4.74 Å². The first-order chi connectivity index (χ1) is 7.84. The van der Waals surface area contributed by atoms with Crippen LogP contribution in [0.3, 0.4) is 0 Å². The van der Waals surface area contributed by atoms with E-state index >= 15 is 0 Å². The van der Waals surface area contributed by atoms with Crippen molar-refractivity contribution in [1.29, 1.82) is 0 Å². The minimum absolute atomic E-state index is 0.0155. The van der Waals surface area contributed by atoms with Crippen molar-refractivity contribution >= 4 is 5.82 Å². The number of rotatable bonds is 5. The van der Waals surface area contributed by atoms with E-state index in [0.717, 1.165) is 0 Å². The number of ether oxygens (including phenoxy) is 1. The molecule has 0 radical (unpaired) electrons. The quantitative estimate of drug-likeness (QED) is 0.626. The lowest BCUT2D eigenvalue weighted by molar-refractivity contribution is -0.390. The predicted octanol–water partition coefficient (Wildman–Crippen LogP) is 1.78. The molecule has 1 heterocycles. The molecule has 1 rings (SSSR count). The second-order valence-electron chi connectivity index (χ2n) is 4.38. The van der Waals surface area contributed by atoms with Gasteiger partial charge in [-0.3, -0.25) is 0 Å². The van der Waals surface area contributed by atoms with Crippen LogP contribution in [0.2, 0.25) is 0 Å². The van der Waals surface area contributed by atoms with Gasteiger partial charge in [0.2, 0.25) is 5.75 Å². The van der Waals surface area contributed by atoms with Gasteiger partial charge in [-0.1, -0.05) is 13.8 Å². The lowest BCUT2D eigenvalue weighted by Gasteiger charge is -2.27. The average Bonchev–Trinajstić information content (AvgIpc) is 2.26. The molecule has 0 saturated carbocycles. The van der Waals surface area contributed by atoms with Crippen molar-refractivity contribution in [3.05, 3.63) is 28.4 Å². The third-order valence-electron chi connectivity index (χ3n) is 2.69. The van der Waals surface area contributed by atoms with Crippen LogP contribution in [0, 0.1) is 16.0 Å². The molecule has 17 heavy (non-hydrogen) atoms. The first-order valence-electron chi connectivity index (χ1n) is 5.29. The van der Waals surface area contributed by atoms with Crippen LogP contribution in [0.4, 0.5) is 5.82 Å². The first kappa shape index (κ1) is 13.4. The largest absolute Gasteiger partial charge is 0.483 e. The van der Waals surface area contributed by atoms with Gasteiger partial charge in [0.15, 0.2) is 0 Å². The summed E-state index contributed by atoms with van der Waals surface area (Å²) >= 11 is 0. The molecule has 0 aliphatic rings. The maximum absolute atomic E-state index is 10.7. The van der Waals surface area contributed by atoms with Crippen molar-refractivity contribution in [2.75, 3.05) is 6.61 Å². The summed E-state index contributed by atoms with van der Waals surface area (Å²) in [6.07, 6.45) is 1.32. The molecule has 1 aromatic rings. The lowest BCUT2D eigenvalue weighted by Crippen LogP contribution is -2.37. The molecule has 1 atom stereocenters. The summed E-state index contributed by atoms with van der Waals surface area (Å²) in [5.74, 6) is -0.288. The average molecular weight is 240 g/mol. The summed E-state index contributed by atoms with van der Waals surface area (Å²) in [5.41, 5.74) is -1.04. The van der Waals surface area contributed by atoms with Crippen LogP contribution in [-0.2, 0) is 0 Å². The second kappa shape index (κ2) is 5.09. The number of pyridine rings is 1. The van der Waals surface area contributed by atoms with Gasteiger partial charge in [0.25, 0.3) is 0 Å². The van der Waals surface area contributed by atoms with Crippen LogP contribution in [0.5, 0.6) is 5.75 Å². The van der Waals surface area contributed by atoms with E-state index in [2.05, 4.69) is 4.98 Å². The fourth-order valence-corrected chi connectivity index (χ4v) is 1.02. The minimum Gasteiger partial charge on any atom is -0.483 e. The monoisotopic (exact) mass is 240 g/mol. The molecule has 0 fully saturated rings. The molecular weight excluding hydrogens is 224 g/mol. The van der Waals surface area contributed by atoms with E-state index in [0.29, 0.717) is 0 Å². The zero-order valence-electron chi connectivity index (χ0n) is 10.1. The van der Waals surface area contributed by atoms with Gasteiger partial charge in [-0.2, -0.15) is 0 Å². The Morgan fingerprint density at radius 1 is 1.65 bits per heavy atom. The zero-order valence-corrected chi connectivity index (χ0v) is 10.1. The number of nitro groups is 1. The van der Waals surface area contributed by atoms with Gasteiger partial charge in [0.05, 0.1) is 5.60 Å². The normalized spacial score (nSPS) is 14.4. The molecule has 6 nitrogen and oxygen atoms in total. The summed E-state index contributed by atoms with van der Waals surface area (Å²) in [6, 6.07) is 3.01. The molecule has 0 aliphatic heterocycles. The molecule has 0 spiro atoms. The van der Waals surface area contributed by atoms with Gasteiger partial charge in [-0.25, -0.2) is 0 Å². The molecule has 0 amide bonds. The summed E-state index contributed by atoms with van der Waals surface area (Å²) in [6.45, 7) is 5.30. The Balaban J connectivity index is 2.79. The fourth-order valence-electron chi connectivity index (χ4n) is 1.02. The van der Waals surface area contributed by atoms with Crippen LogP contribution in [0.15, 0.2) is 18.3 Å². The molecule has 1 aromatic heterocycles. The molecule has 94 valence electrons. The summed E-state index contributed by atoms with van der Waals surface area (Å²) in [5, 5.41) is 20.6. The Morgan fingerprint density at radius 3 is 2.82 bits per heavy atom. The topological polar surface area (TPSA) is 85.5 Å². The maximum atomic E-state index is 10.7. The highest BCUT2D eigenvalue weighted by Crippen LogP contribution is 2.25. The Morgan fingerprint density at radius 2 is 2.29 bits per heavy atom. The van der Waals surface area contributed by atoms with E-state index in [1.54, 1.807) is 13.0 Å². The maximum Gasteiger partial charge on any atom is 0.406 e. The molecule has 1 unspecified atom stereocenters. The summed E-state index contributed by atoms with van der Waals surface area (Å²) in [4.78, 5) is 13.7. The number of aromatic nitrogens is 1. The second-order valence-corrected chi connectivity index (χ2v) is 4.38. The SMILES string of the molecule is CC(C)C(C)(O)COc1cccnc1[N+](=O)[O-]. The van der Waals surface area contributed by atoms with Crippen molar-refractivity contribution in [3.8, 4) is 5.75 Å².